The molecule has 0 radical (unpaired) electrons. The summed E-state index contributed by atoms with van der Waals surface area (Å²) in [5, 5.41) is 14.6. The molecule has 1 unspecified atom stereocenters. The number of hydrogen-bond donors (Lipinski definition) is 1. The van der Waals surface area contributed by atoms with Crippen LogP contribution in [0.3, 0.4) is 0 Å². The Kier molecular flexibility index (Phi) is 5.12. The molecule has 1 fully saturated rings. The minimum absolute atomic E-state index is 0.141. The van der Waals surface area contributed by atoms with Crippen LogP contribution in [0, 0.1) is 17.0 Å². The fourth-order valence-electron chi connectivity index (χ4n) is 2.74. The molecule has 116 valence electrons. The summed E-state index contributed by atoms with van der Waals surface area (Å²) < 4.78 is 0. The number of aryl methyl sites for hydroxylation is 1. The number of nitro groups is 1. The first-order valence-electron chi connectivity index (χ1n) is 7.60. The van der Waals surface area contributed by atoms with Gasteiger partial charge in [0, 0.05) is 30.4 Å². The fraction of sp³-hybridized carbons (Fsp3) is 0.667. The third-order valence-electron chi connectivity index (χ3n) is 4.00. The molecule has 0 amide bonds. The maximum Gasteiger partial charge on any atom is 0.277 e. The van der Waals surface area contributed by atoms with E-state index in [0.717, 1.165) is 19.5 Å². The van der Waals surface area contributed by atoms with E-state index in [-0.39, 0.29) is 16.7 Å². The molecule has 2 heterocycles. The number of nitrogens with one attached hydrogen (secondary N) is 1. The van der Waals surface area contributed by atoms with Gasteiger partial charge in [-0.1, -0.05) is 6.42 Å². The van der Waals surface area contributed by atoms with Gasteiger partial charge in [0.2, 0.25) is 0 Å². The highest BCUT2D eigenvalue weighted by molar-refractivity contribution is 5.51. The van der Waals surface area contributed by atoms with Gasteiger partial charge in [-0.2, -0.15) is 0 Å². The molecule has 0 saturated carbocycles. The Labute approximate surface area is 125 Å². The van der Waals surface area contributed by atoms with Gasteiger partial charge < -0.3 is 10.2 Å². The van der Waals surface area contributed by atoms with Gasteiger partial charge in [0.15, 0.2) is 0 Å². The van der Waals surface area contributed by atoms with E-state index in [1.165, 1.54) is 12.8 Å². The Bertz CT molecular complexity index is 498. The summed E-state index contributed by atoms with van der Waals surface area (Å²) in [4.78, 5) is 17.3. The second kappa shape index (κ2) is 6.85. The first-order valence-corrected chi connectivity index (χ1v) is 7.60. The predicted molar refractivity (Wildman–Crippen MR) is 83.8 cm³/mol. The van der Waals surface area contributed by atoms with Crippen LogP contribution in [0.1, 0.15) is 38.7 Å². The zero-order chi connectivity index (χ0) is 15.4. The van der Waals surface area contributed by atoms with Crippen LogP contribution in [-0.4, -0.2) is 35.1 Å². The van der Waals surface area contributed by atoms with Gasteiger partial charge in [0.25, 0.3) is 5.69 Å². The third-order valence-corrected chi connectivity index (χ3v) is 4.00. The van der Waals surface area contributed by atoms with Crippen LogP contribution in [0.15, 0.2) is 12.3 Å². The Morgan fingerprint density at radius 3 is 2.86 bits per heavy atom. The summed E-state index contributed by atoms with van der Waals surface area (Å²) in [6, 6.07) is 2.28. The normalized spacial score (nSPS) is 18.8. The van der Waals surface area contributed by atoms with Crippen LogP contribution in [0.25, 0.3) is 0 Å². The van der Waals surface area contributed by atoms with E-state index in [1.54, 1.807) is 19.2 Å². The molecular weight excluding hydrogens is 268 g/mol. The summed E-state index contributed by atoms with van der Waals surface area (Å²) in [6.45, 7) is 7.80. The molecule has 6 heteroatoms. The fourth-order valence-corrected chi connectivity index (χ4v) is 2.74. The van der Waals surface area contributed by atoms with Crippen molar-refractivity contribution in [1.82, 2.24) is 10.3 Å². The smallest absolute Gasteiger partial charge is 0.277 e. The molecule has 21 heavy (non-hydrogen) atoms. The highest BCUT2D eigenvalue weighted by atomic mass is 16.6. The molecule has 1 aliphatic rings. The minimum Gasteiger partial charge on any atom is -0.352 e. The first kappa shape index (κ1) is 15.7. The maximum atomic E-state index is 11.1. The van der Waals surface area contributed by atoms with E-state index < -0.39 is 0 Å². The van der Waals surface area contributed by atoms with Gasteiger partial charge in [-0.25, -0.2) is 4.98 Å². The van der Waals surface area contributed by atoms with Crippen molar-refractivity contribution in [3.8, 4) is 0 Å². The van der Waals surface area contributed by atoms with Crippen molar-refractivity contribution in [2.45, 2.75) is 52.1 Å². The van der Waals surface area contributed by atoms with Crippen molar-refractivity contribution in [2.75, 3.05) is 18.0 Å². The average molecular weight is 292 g/mol. The molecule has 1 aromatic rings. The van der Waals surface area contributed by atoms with Crippen molar-refractivity contribution >= 4 is 11.5 Å². The van der Waals surface area contributed by atoms with Crippen LogP contribution in [0.5, 0.6) is 0 Å². The van der Waals surface area contributed by atoms with Gasteiger partial charge in [-0.05, 0) is 40.2 Å². The SMILES string of the molecule is Cc1cnc(N(CC2CCCCN2)C(C)C)cc1[N+](=O)[O-]. The van der Waals surface area contributed by atoms with Crippen molar-refractivity contribution in [3.63, 3.8) is 0 Å². The summed E-state index contributed by atoms with van der Waals surface area (Å²) in [7, 11) is 0. The van der Waals surface area contributed by atoms with Gasteiger partial charge in [0.1, 0.15) is 5.82 Å². The Hall–Kier alpha value is -1.69. The third kappa shape index (κ3) is 3.91. The monoisotopic (exact) mass is 292 g/mol. The number of piperidine rings is 1. The van der Waals surface area contributed by atoms with Crippen molar-refractivity contribution in [2.24, 2.45) is 0 Å². The number of anilines is 1. The van der Waals surface area contributed by atoms with Crippen molar-refractivity contribution in [1.29, 1.82) is 0 Å². The molecule has 0 bridgehead atoms. The van der Waals surface area contributed by atoms with E-state index in [9.17, 15) is 10.1 Å². The summed E-state index contributed by atoms with van der Waals surface area (Å²) >= 11 is 0. The number of hydrogen-bond acceptors (Lipinski definition) is 5. The zero-order valence-electron chi connectivity index (χ0n) is 13.0. The standard InChI is InChI=1S/C15H24N4O2/c1-11(2)18(10-13-6-4-5-7-16-13)15-8-14(19(20)21)12(3)9-17-15/h8-9,11,13,16H,4-7,10H2,1-3H3. The summed E-state index contributed by atoms with van der Waals surface area (Å²) in [5.41, 5.74) is 0.741. The molecule has 0 aromatic carbocycles. The Morgan fingerprint density at radius 2 is 2.29 bits per heavy atom. The highest BCUT2D eigenvalue weighted by Crippen LogP contribution is 2.24. The van der Waals surface area contributed by atoms with Crippen LogP contribution in [0.4, 0.5) is 11.5 Å². The van der Waals surface area contributed by atoms with Gasteiger partial charge >= 0.3 is 0 Å². The van der Waals surface area contributed by atoms with E-state index in [0.29, 0.717) is 17.4 Å². The van der Waals surface area contributed by atoms with Gasteiger partial charge in [-0.3, -0.25) is 10.1 Å². The minimum atomic E-state index is -0.335. The van der Waals surface area contributed by atoms with E-state index in [4.69, 9.17) is 0 Å². The van der Waals surface area contributed by atoms with Crippen LogP contribution in [-0.2, 0) is 0 Å². The molecule has 1 atom stereocenters. The van der Waals surface area contributed by atoms with E-state index in [2.05, 4.69) is 29.0 Å². The van der Waals surface area contributed by atoms with E-state index >= 15 is 0 Å². The summed E-state index contributed by atoms with van der Waals surface area (Å²) in [5.74, 6) is 0.690. The number of aromatic nitrogens is 1. The molecule has 1 aromatic heterocycles. The second-order valence-electron chi connectivity index (χ2n) is 5.98. The largest absolute Gasteiger partial charge is 0.352 e. The topological polar surface area (TPSA) is 71.3 Å². The van der Waals surface area contributed by atoms with Gasteiger partial charge in [-0.15, -0.1) is 0 Å². The van der Waals surface area contributed by atoms with Crippen molar-refractivity contribution < 1.29 is 4.92 Å². The lowest BCUT2D eigenvalue weighted by Crippen LogP contribution is -2.46. The number of rotatable bonds is 5. The van der Waals surface area contributed by atoms with Crippen LogP contribution in [0.2, 0.25) is 0 Å². The Morgan fingerprint density at radius 1 is 1.52 bits per heavy atom. The number of pyridine rings is 1. The molecule has 1 N–H and O–H groups in total. The summed E-state index contributed by atoms with van der Waals surface area (Å²) in [6.07, 6.45) is 5.21. The first-order chi connectivity index (χ1) is 9.99. The predicted octanol–water partition coefficient (Wildman–Crippen LogP) is 2.66. The molecular formula is C15H24N4O2. The van der Waals surface area contributed by atoms with Crippen molar-refractivity contribution in [3.05, 3.63) is 27.9 Å². The van der Waals surface area contributed by atoms with Crippen LogP contribution < -0.4 is 10.2 Å². The zero-order valence-corrected chi connectivity index (χ0v) is 13.0. The van der Waals surface area contributed by atoms with Gasteiger partial charge in [0.05, 0.1) is 11.0 Å². The molecule has 6 nitrogen and oxygen atoms in total. The lowest BCUT2D eigenvalue weighted by atomic mass is 10.0. The quantitative estimate of drug-likeness (QED) is 0.667. The molecule has 2 rings (SSSR count). The molecule has 0 spiro atoms. The molecule has 1 saturated heterocycles. The number of nitrogens with zero attached hydrogens (tertiary/aromatic N) is 3. The maximum absolute atomic E-state index is 11.1. The average Bonchev–Trinajstić information content (AvgIpc) is 2.46. The lowest BCUT2D eigenvalue weighted by molar-refractivity contribution is -0.385. The molecule has 0 aliphatic carbocycles. The van der Waals surface area contributed by atoms with Crippen LogP contribution >= 0.6 is 0 Å². The second-order valence-corrected chi connectivity index (χ2v) is 5.98. The highest BCUT2D eigenvalue weighted by Gasteiger charge is 2.22. The van der Waals surface area contributed by atoms with E-state index in [1.807, 2.05) is 0 Å². The lowest BCUT2D eigenvalue weighted by Gasteiger charge is -2.34. The Balaban J connectivity index is 2.21. The molecule has 1 aliphatic heterocycles.